The largest absolute Gasteiger partial charge is 0.481 e. The molecule has 35 heavy (non-hydrogen) atoms. The summed E-state index contributed by atoms with van der Waals surface area (Å²) in [6.07, 6.45) is 0.390. The summed E-state index contributed by atoms with van der Waals surface area (Å²) in [4.78, 5) is 38.8. The van der Waals surface area contributed by atoms with Crippen molar-refractivity contribution in [3.05, 3.63) is 59.7 Å². The molecule has 2 aromatic carbocycles. The van der Waals surface area contributed by atoms with Crippen molar-refractivity contribution in [3.8, 4) is 11.1 Å². The smallest absolute Gasteiger partial charge is 0.407 e. The number of likely N-dealkylation sites (tertiary alicyclic amines) is 1. The number of hydrogen-bond donors (Lipinski definition) is 2. The molecule has 1 saturated carbocycles. The first kappa shape index (κ1) is 23.4. The van der Waals surface area contributed by atoms with Crippen molar-refractivity contribution >= 4 is 18.0 Å². The Morgan fingerprint density at radius 2 is 1.66 bits per heavy atom. The van der Waals surface area contributed by atoms with Crippen LogP contribution in [0.2, 0.25) is 0 Å². The lowest BCUT2D eigenvalue weighted by molar-refractivity contribution is -0.139. The van der Waals surface area contributed by atoms with Crippen LogP contribution in [0.25, 0.3) is 11.1 Å². The number of hydrogen-bond acceptors (Lipinski definition) is 4. The first-order valence-electron chi connectivity index (χ1n) is 12.5. The van der Waals surface area contributed by atoms with E-state index in [1.165, 1.54) is 11.1 Å². The second-order valence-electron chi connectivity index (χ2n) is 10.3. The quantitative estimate of drug-likeness (QED) is 0.627. The van der Waals surface area contributed by atoms with Crippen molar-refractivity contribution in [3.63, 3.8) is 0 Å². The summed E-state index contributed by atoms with van der Waals surface area (Å²) in [6, 6.07) is 16.0. The molecule has 2 aliphatic carbocycles. The Bertz CT molecular complexity index is 1100. The molecule has 1 aliphatic heterocycles. The molecule has 2 amide bonds. The van der Waals surface area contributed by atoms with Crippen LogP contribution in [0.1, 0.15) is 43.7 Å². The van der Waals surface area contributed by atoms with E-state index in [-0.39, 0.29) is 54.6 Å². The average Bonchev–Trinajstić information content (AvgIpc) is 3.49. The van der Waals surface area contributed by atoms with E-state index < -0.39 is 12.1 Å². The third kappa shape index (κ3) is 4.51. The van der Waals surface area contributed by atoms with Crippen molar-refractivity contribution in [2.24, 2.45) is 23.7 Å². The molecule has 7 nitrogen and oxygen atoms in total. The van der Waals surface area contributed by atoms with Crippen molar-refractivity contribution in [2.75, 3.05) is 19.7 Å². The Kier molecular flexibility index (Phi) is 6.26. The number of carboxylic acid groups (broad SMARTS) is 1. The van der Waals surface area contributed by atoms with E-state index >= 15 is 0 Å². The van der Waals surface area contributed by atoms with Crippen molar-refractivity contribution in [1.29, 1.82) is 0 Å². The third-order valence-corrected chi connectivity index (χ3v) is 7.98. The first-order chi connectivity index (χ1) is 16.8. The highest BCUT2D eigenvalue weighted by molar-refractivity contribution is 5.80. The number of alkyl carbamates (subject to hydrolysis) is 1. The van der Waals surface area contributed by atoms with Gasteiger partial charge < -0.3 is 20.1 Å². The van der Waals surface area contributed by atoms with Gasteiger partial charge in [-0.3, -0.25) is 9.59 Å². The first-order valence-corrected chi connectivity index (χ1v) is 12.5. The predicted molar refractivity (Wildman–Crippen MR) is 131 cm³/mol. The van der Waals surface area contributed by atoms with Gasteiger partial charge in [-0.25, -0.2) is 4.79 Å². The van der Waals surface area contributed by atoms with Gasteiger partial charge in [0.25, 0.3) is 0 Å². The molecule has 7 heteroatoms. The molecule has 2 aromatic rings. The summed E-state index contributed by atoms with van der Waals surface area (Å²) in [5.74, 6) is -0.816. The zero-order chi connectivity index (χ0) is 24.7. The van der Waals surface area contributed by atoms with Crippen LogP contribution in [0.4, 0.5) is 4.79 Å². The normalized spacial score (nSPS) is 23.2. The summed E-state index contributed by atoms with van der Waals surface area (Å²) in [6.45, 7) is 5.24. The maximum atomic E-state index is 13.0. The molecule has 1 heterocycles. The molecular formula is C28H32N2O5. The number of aliphatic carboxylic acids is 1. The molecule has 184 valence electrons. The fourth-order valence-electron chi connectivity index (χ4n) is 5.89. The van der Waals surface area contributed by atoms with Crippen LogP contribution in [-0.2, 0) is 14.3 Å². The van der Waals surface area contributed by atoms with Crippen molar-refractivity contribution < 1.29 is 24.2 Å². The van der Waals surface area contributed by atoms with E-state index in [9.17, 15) is 19.5 Å². The van der Waals surface area contributed by atoms with Crippen LogP contribution in [-0.4, -0.2) is 53.7 Å². The predicted octanol–water partition coefficient (Wildman–Crippen LogP) is 4.12. The molecule has 1 saturated heterocycles. The van der Waals surface area contributed by atoms with Gasteiger partial charge in [-0.1, -0.05) is 62.4 Å². The summed E-state index contributed by atoms with van der Waals surface area (Å²) in [5.41, 5.74) is 4.65. The van der Waals surface area contributed by atoms with Crippen LogP contribution < -0.4 is 5.32 Å². The monoisotopic (exact) mass is 476 g/mol. The van der Waals surface area contributed by atoms with Gasteiger partial charge in [0, 0.05) is 31.5 Å². The molecular weight excluding hydrogens is 444 g/mol. The molecule has 3 unspecified atom stereocenters. The third-order valence-electron chi connectivity index (χ3n) is 7.98. The molecule has 5 rings (SSSR count). The van der Waals surface area contributed by atoms with Crippen LogP contribution in [0.15, 0.2) is 48.5 Å². The van der Waals surface area contributed by atoms with Crippen LogP contribution in [0.3, 0.4) is 0 Å². The number of piperidine rings is 1. The molecule has 0 spiro atoms. The van der Waals surface area contributed by atoms with E-state index in [2.05, 4.69) is 29.6 Å². The zero-order valence-corrected chi connectivity index (χ0v) is 20.1. The van der Waals surface area contributed by atoms with Gasteiger partial charge in [0.05, 0.1) is 5.92 Å². The highest BCUT2D eigenvalue weighted by Gasteiger charge is 2.57. The number of benzene rings is 2. The highest BCUT2D eigenvalue weighted by Crippen LogP contribution is 2.51. The maximum absolute atomic E-state index is 13.0. The zero-order valence-electron chi connectivity index (χ0n) is 20.1. The van der Waals surface area contributed by atoms with E-state index in [4.69, 9.17) is 4.74 Å². The van der Waals surface area contributed by atoms with Gasteiger partial charge in [-0.05, 0) is 46.4 Å². The number of nitrogens with one attached hydrogen (secondary N) is 1. The fraction of sp³-hybridized carbons (Fsp3) is 0.464. The van der Waals surface area contributed by atoms with E-state index in [0.717, 1.165) is 17.5 Å². The van der Waals surface area contributed by atoms with Crippen molar-refractivity contribution in [2.45, 2.75) is 38.6 Å². The van der Waals surface area contributed by atoms with Crippen molar-refractivity contribution in [1.82, 2.24) is 10.2 Å². The SMILES string of the molecule is CC(C)[C@H](CC(=O)N1CCC2C(C1)C2C(=O)O)NC(=O)OCC1c2ccccc2-c2ccccc21. The molecule has 4 atom stereocenters. The molecule has 2 fully saturated rings. The topological polar surface area (TPSA) is 95.9 Å². The molecule has 3 aliphatic rings. The Hall–Kier alpha value is -3.35. The van der Waals surface area contributed by atoms with Gasteiger partial charge in [0.15, 0.2) is 0 Å². The number of carbonyl (C=O) groups excluding carboxylic acids is 2. The van der Waals surface area contributed by atoms with E-state index in [1.54, 1.807) is 4.90 Å². The number of nitrogens with zero attached hydrogens (tertiary/aromatic N) is 1. The minimum Gasteiger partial charge on any atom is -0.481 e. The Balaban J connectivity index is 1.17. The number of carboxylic acids is 1. The van der Waals surface area contributed by atoms with E-state index in [0.29, 0.717) is 13.1 Å². The number of ether oxygens (including phenoxy) is 1. The van der Waals surface area contributed by atoms with Gasteiger partial charge in [0.2, 0.25) is 5.91 Å². The average molecular weight is 477 g/mol. The minimum atomic E-state index is -0.758. The van der Waals surface area contributed by atoms with Gasteiger partial charge in [-0.15, -0.1) is 0 Å². The Morgan fingerprint density at radius 1 is 1.03 bits per heavy atom. The summed E-state index contributed by atoms with van der Waals surface area (Å²) < 4.78 is 5.67. The Morgan fingerprint density at radius 3 is 2.26 bits per heavy atom. The van der Waals surface area contributed by atoms with Gasteiger partial charge >= 0.3 is 12.1 Å². The minimum absolute atomic E-state index is 0.0192. The summed E-state index contributed by atoms with van der Waals surface area (Å²) in [7, 11) is 0. The molecule has 0 bridgehead atoms. The lowest BCUT2D eigenvalue weighted by atomic mass is 9.98. The molecule has 0 radical (unpaired) electrons. The maximum Gasteiger partial charge on any atom is 0.407 e. The summed E-state index contributed by atoms with van der Waals surface area (Å²) in [5, 5.41) is 12.2. The molecule has 0 aromatic heterocycles. The second-order valence-corrected chi connectivity index (χ2v) is 10.3. The van der Waals surface area contributed by atoms with Crippen LogP contribution in [0.5, 0.6) is 0 Å². The standard InChI is InChI=1S/C28H32N2O5/c1-16(2)24(13-25(31)30-12-11-21-22(14-30)26(21)27(32)33)29-28(34)35-15-23-19-9-5-3-7-17(19)18-8-4-6-10-20(18)23/h3-10,16,21-24,26H,11-15H2,1-2H3,(H,29,34)(H,32,33)/t21?,22?,24-,26?/m0/s1. The van der Waals surface area contributed by atoms with Gasteiger partial charge in [0.1, 0.15) is 6.61 Å². The second kappa shape index (κ2) is 9.36. The highest BCUT2D eigenvalue weighted by atomic mass is 16.5. The van der Waals surface area contributed by atoms with E-state index in [1.807, 2.05) is 38.1 Å². The fourth-order valence-corrected chi connectivity index (χ4v) is 5.89. The lowest BCUT2D eigenvalue weighted by Crippen LogP contribution is -2.45. The molecule has 2 N–H and O–H groups in total. The number of rotatable bonds is 7. The van der Waals surface area contributed by atoms with Crippen LogP contribution >= 0.6 is 0 Å². The number of carbonyl (C=O) groups is 3. The Labute approximate surface area is 205 Å². The van der Waals surface area contributed by atoms with Gasteiger partial charge in [-0.2, -0.15) is 0 Å². The number of fused-ring (bicyclic) bond motifs is 4. The number of amides is 2. The van der Waals surface area contributed by atoms with Crippen LogP contribution in [0, 0.1) is 23.7 Å². The lowest BCUT2D eigenvalue weighted by Gasteiger charge is -2.29. The summed E-state index contributed by atoms with van der Waals surface area (Å²) >= 11 is 0.